The van der Waals surface area contributed by atoms with Gasteiger partial charge in [0.2, 0.25) is 5.76 Å². The average molecular weight is 624 g/mol. The zero-order valence-corrected chi connectivity index (χ0v) is 23.9. The van der Waals surface area contributed by atoms with E-state index >= 15 is 0 Å². The lowest BCUT2D eigenvalue weighted by atomic mass is 9.99. The Kier molecular flexibility index (Phi) is 8.28. The molecule has 0 bridgehead atoms. The molecular formula is C31H29F4N7O3. The third kappa shape index (κ3) is 6.69. The molecule has 4 aromatic rings. The molecule has 2 N–H and O–H groups in total. The molecule has 234 valence electrons. The van der Waals surface area contributed by atoms with E-state index in [1.807, 2.05) is 35.2 Å². The topological polar surface area (TPSA) is 107 Å². The molecule has 0 radical (unpaired) electrons. The number of pyridine rings is 1. The van der Waals surface area contributed by atoms with Crippen molar-refractivity contribution >= 4 is 35.1 Å². The van der Waals surface area contributed by atoms with Crippen molar-refractivity contribution in [2.45, 2.75) is 18.5 Å². The first kappa shape index (κ1) is 29.9. The molecule has 0 saturated carbocycles. The van der Waals surface area contributed by atoms with Gasteiger partial charge in [0.25, 0.3) is 11.9 Å². The van der Waals surface area contributed by atoms with E-state index < -0.39 is 35.4 Å². The number of alkyl halides is 3. The normalized spacial score (nSPS) is 17.0. The van der Waals surface area contributed by atoms with Crippen LogP contribution < -0.4 is 20.4 Å². The smallest absolute Gasteiger partial charge is 0.417 e. The van der Waals surface area contributed by atoms with Crippen LogP contribution >= 0.6 is 0 Å². The Labute approximate surface area is 255 Å². The molecule has 6 rings (SSSR count). The second kappa shape index (κ2) is 12.5. The molecule has 2 aromatic carbocycles. The van der Waals surface area contributed by atoms with Gasteiger partial charge in [0.1, 0.15) is 11.6 Å². The van der Waals surface area contributed by atoms with Crippen molar-refractivity contribution in [2.75, 3.05) is 59.7 Å². The van der Waals surface area contributed by atoms with Crippen LogP contribution in [0.15, 0.2) is 77.3 Å². The molecule has 3 amide bonds. The van der Waals surface area contributed by atoms with Crippen LogP contribution in [0.3, 0.4) is 0 Å². The van der Waals surface area contributed by atoms with Crippen LogP contribution in [0.4, 0.5) is 45.6 Å². The van der Waals surface area contributed by atoms with E-state index in [1.165, 1.54) is 30.5 Å². The molecule has 45 heavy (non-hydrogen) atoms. The minimum Gasteiger partial charge on any atom is -0.417 e. The van der Waals surface area contributed by atoms with Crippen LogP contribution in [0, 0.1) is 5.82 Å². The third-order valence-electron chi connectivity index (χ3n) is 7.83. The summed E-state index contributed by atoms with van der Waals surface area (Å²) in [5.41, 5.74) is -0.0489. The van der Waals surface area contributed by atoms with Crippen molar-refractivity contribution in [1.82, 2.24) is 14.9 Å². The highest BCUT2D eigenvalue weighted by Crippen LogP contribution is 2.37. The Hall–Kier alpha value is -5.14. The van der Waals surface area contributed by atoms with Gasteiger partial charge in [0, 0.05) is 45.2 Å². The molecule has 2 aliphatic rings. The van der Waals surface area contributed by atoms with Crippen molar-refractivity contribution in [3.63, 3.8) is 0 Å². The minimum atomic E-state index is -4.90. The number of piperazine rings is 1. The van der Waals surface area contributed by atoms with Crippen molar-refractivity contribution in [3.8, 4) is 0 Å². The number of para-hydroxylation sites is 1. The van der Waals surface area contributed by atoms with Gasteiger partial charge in [-0.25, -0.2) is 14.2 Å². The van der Waals surface area contributed by atoms with Gasteiger partial charge in [-0.1, -0.05) is 42.5 Å². The predicted octanol–water partition coefficient (Wildman–Crippen LogP) is 5.83. The number of benzene rings is 2. The Balaban J connectivity index is 1.07. The number of nitrogens with one attached hydrogen (secondary N) is 2. The fraction of sp³-hybridized carbons (Fsp3) is 0.290. The van der Waals surface area contributed by atoms with Gasteiger partial charge in [0.05, 0.1) is 17.6 Å². The number of aromatic nitrogens is 2. The molecule has 0 aliphatic carbocycles. The Morgan fingerprint density at radius 1 is 0.867 bits per heavy atom. The number of halogens is 4. The fourth-order valence-electron chi connectivity index (χ4n) is 5.45. The summed E-state index contributed by atoms with van der Waals surface area (Å²) in [6.07, 6.45) is -2.85. The number of hydrogen-bond donors (Lipinski definition) is 2. The lowest BCUT2D eigenvalue weighted by Crippen LogP contribution is -2.50. The molecule has 10 nitrogen and oxygen atoms in total. The standard InChI is InChI=1S/C31H29F4N7O3/c32-23-8-4-5-9-24(23)38-29(44)41-16-14-40(15-17-41)25-11-10-22(18-36-25)37-28(43)26-27(31(33,34)35)39-30(45-26)42-13-12-21(19-42)20-6-2-1-3-7-20/h1-11,18,21H,12-17,19H2,(H,37,43)(H,38,44)/t21-/m1/s1. The summed E-state index contributed by atoms with van der Waals surface area (Å²) in [4.78, 5) is 38.6. The molecular weight excluding hydrogens is 594 g/mol. The van der Waals surface area contributed by atoms with E-state index in [4.69, 9.17) is 4.42 Å². The van der Waals surface area contributed by atoms with Gasteiger partial charge >= 0.3 is 12.2 Å². The van der Waals surface area contributed by atoms with Crippen molar-refractivity contribution in [3.05, 3.63) is 95.8 Å². The monoisotopic (exact) mass is 623 g/mol. The predicted molar refractivity (Wildman–Crippen MR) is 159 cm³/mol. The maximum atomic E-state index is 13.9. The number of anilines is 4. The van der Waals surface area contributed by atoms with E-state index in [0.29, 0.717) is 51.5 Å². The Morgan fingerprint density at radius 2 is 1.60 bits per heavy atom. The van der Waals surface area contributed by atoms with Crippen LogP contribution in [0.25, 0.3) is 0 Å². The van der Waals surface area contributed by atoms with Gasteiger partial charge in [0.15, 0.2) is 5.69 Å². The van der Waals surface area contributed by atoms with Crippen LogP contribution in [-0.2, 0) is 6.18 Å². The minimum absolute atomic E-state index is 0.0980. The number of rotatable bonds is 6. The number of amides is 3. The summed E-state index contributed by atoms with van der Waals surface area (Å²) in [6.45, 7) is 2.46. The van der Waals surface area contributed by atoms with E-state index in [0.717, 1.165) is 5.56 Å². The average Bonchev–Trinajstić information content (AvgIpc) is 3.72. The molecule has 2 aliphatic heterocycles. The zero-order chi connectivity index (χ0) is 31.6. The third-order valence-corrected chi connectivity index (χ3v) is 7.83. The van der Waals surface area contributed by atoms with Crippen LogP contribution in [0.5, 0.6) is 0 Å². The van der Waals surface area contributed by atoms with E-state index in [2.05, 4.69) is 20.6 Å². The highest BCUT2D eigenvalue weighted by Gasteiger charge is 2.42. The number of oxazole rings is 1. The largest absolute Gasteiger partial charge is 0.437 e. The first-order chi connectivity index (χ1) is 21.7. The fourth-order valence-corrected chi connectivity index (χ4v) is 5.45. The van der Waals surface area contributed by atoms with Gasteiger partial charge < -0.3 is 29.8 Å². The summed E-state index contributed by atoms with van der Waals surface area (Å²) in [6, 6.07) is 18.0. The summed E-state index contributed by atoms with van der Waals surface area (Å²) in [5, 5.41) is 4.99. The summed E-state index contributed by atoms with van der Waals surface area (Å²) in [5.74, 6) is -1.88. The molecule has 4 heterocycles. The molecule has 14 heteroatoms. The second-order valence-electron chi connectivity index (χ2n) is 10.8. The van der Waals surface area contributed by atoms with Gasteiger partial charge in [-0.05, 0) is 36.2 Å². The summed E-state index contributed by atoms with van der Waals surface area (Å²) >= 11 is 0. The zero-order valence-electron chi connectivity index (χ0n) is 23.9. The molecule has 0 unspecified atom stereocenters. The Morgan fingerprint density at radius 3 is 2.29 bits per heavy atom. The van der Waals surface area contributed by atoms with Crippen molar-refractivity contribution < 1.29 is 31.6 Å². The first-order valence-electron chi connectivity index (χ1n) is 14.4. The van der Waals surface area contributed by atoms with Crippen molar-refractivity contribution in [2.24, 2.45) is 0 Å². The molecule has 2 saturated heterocycles. The van der Waals surface area contributed by atoms with E-state index in [1.54, 1.807) is 21.9 Å². The molecule has 0 spiro atoms. The summed E-state index contributed by atoms with van der Waals surface area (Å²) < 4.78 is 60.9. The maximum Gasteiger partial charge on any atom is 0.437 e. The SMILES string of the molecule is O=C(Nc1ccc(N2CCN(C(=O)Nc3ccccc3F)CC2)nc1)c1oc(N2CC[C@@H](c3ccccc3)C2)nc1C(F)(F)F. The Bertz CT molecular complexity index is 1660. The van der Waals surface area contributed by atoms with Gasteiger partial charge in [-0.15, -0.1) is 0 Å². The maximum absolute atomic E-state index is 13.9. The number of nitrogens with zero attached hydrogens (tertiary/aromatic N) is 5. The van der Waals surface area contributed by atoms with Crippen LogP contribution in [0.2, 0.25) is 0 Å². The van der Waals surface area contributed by atoms with E-state index in [-0.39, 0.29) is 23.3 Å². The lowest BCUT2D eigenvalue weighted by Gasteiger charge is -2.35. The highest BCUT2D eigenvalue weighted by atomic mass is 19.4. The van der Waals surface area contributed by atoms with Gasteiger partial charge in [-0.2, -0.15) is 18.2 Å². The first-order valence-corrected chi connectivity index (χ1v) is 14.4. The van der Waals surface area contributed by atoms with Crippen LogP contribution in [0.1, 0.15) is 34.2 Å². The molecule has 2 fully saturated rings. The quantitative estimate of drug-likeness (QED) is 0.261. The lowest BCUT2D eigenvalue weighted by molar-refractivity contribution is -0.141. The van der Waals surface area contributed by atoms with Gasteiger partial charge in [-0.3, -0.25) is 4.79 Å². The van der Waals surface area contributed by atoms with Crippen LogP contribution in [-0.4, -0.2) is 66.1 Å². The van der Waals surface area contributed by atoms with E-state index in [9.17, 15) is 27.2 Å². The number of hydrogen-bond acceptors (Lipinski definition) is 7. The number of carbonyl (C=O) groups excluding carboxylic acids is 2. The number of carbonyl (C=O) groups is 2. The highest BCUT2D eigenvalue weighted by molar-refractivity contribution is 6.03. The summed E-state index contributed by atoms with van der Waals surface area (Å²) in [7, 11) is 0. The molecule has 2 aromatic heterocycles. The van der Waals surface area contributed by atoms with Crippen molar-refractivity contribution in [1.29, 1.82) is 0 Å². The second-order valence-corrected chi connectivity index (χ2v) is 10.8. The molecule has 1 atom stereocenters. The number of urea groups is 1.